The predicted molar refractivity (Wildman–Crippen MR) is 88.3 cm³/mol. The van der Waals surface area contributed by atoms with Gasteiger partial charge in [0, 0.05) is 16.1 Å². The van der Waals surface area contributed by atoms with E-state index in [9.17, 15) is 4.79 Å². The number of halogens is 1. The summed E-state index contributed by atoms with van der Waals surface area (Å²) in [5.74, 6) is 0.791. The Morgan fingerprint density at radius 3 is 2.39 bits per heavy atom. The van der Waals surface area contributed by atoms with Gasteiger partial charge in [0.25, 0.3) is 5.56 Å². The van der Waals surface area contributed by atoms with Crippen molar-refractivity contribution in [2.24, 2.45) is 0 Å². The van der Waals surface area contributed by atoms with Gasteiger partial charge in [-0.3, -0.25) is 4.79 Å². The van der Waals surface area contributed by atoms with Crippen molar-refractivity contribution in [2.45, 2.75) is 0 Å². The Bertz CT molecular complexity index is 1040. The number of nitrogens with one attached hydrogen (secondary N) is 1. The molecule has 1 N–H and O–H groups in total. The van der Waals surface area contributed by atoms with Gasteiger partial charge >= 0.3 is 0 Å². The maximum Gasteiger partial charge on any atom is 0.296 e. The molecule has 0 radical (unpaired) electrons. The Kier molecular flexibility index (Phi) is 3.20. The van der Waals surface area contributed by atoms with Gasteiger partial charge in [-0.05, 0) is 24.3 Å². The third-order valence-corrected chi connectivity index (χ3v) is 3.66. The smallest absolute Gasteiger partial charge is 0.296 e. The number of H-pyrrole nitrogens is 1. The number of hydrogen-bond acceptors (Lipinski definition) is 4. The summed E-state index contributed by atoms with van der Waals surface area (Å²) in [5.41, 5.74) is 1.56. The van der Waals surface area contributed by atoms with Gasteiger partial charge in [0.2, 0.25) is 17.1 Å². The summed E-state index contributed by atoms with van der Waals surface area (Å²) in [5, 5.41) is 0.618. The number of nitrogens with zero attached hydrogens (tertiary/aromatic N) is 2. The van der Waals surface area contributed by atoms with Crippen LogP contribution in [0.4, 0.5) is 0 Å². The summed E-state index contributed by atoms with van der Waals surface area (Å²) in [4.78, 5) is 23.6. The van der Waals surface area contributed by atoms with Crippen LogP contribution in [0.5, 0.6) is 0 Å². The molecule has 0 fully saturated rings. The van der Waals surface area contributed by atoms with E-state index in [1.165, 1.54) is 0 Å². The molecule has 4 rings (SSSR count). The lowest BCUT2D eigenvalue weighted by molar-refractivity contribution is 0.614. The molecule has 2 aromatic carbocycles. The Labute approximate surface area is 135 Å². The zero-order valence-electron chi connectivity index (χ0n) is 11.8. The molecule has 0 saturated carbocycles. The Morgan fingerprint density at radius 1 is 0.913 bits per heavy atom. The van der Waals surface area contributed by atoms with E-state index in [4.69, 9.17) is 16.0 Å². The second-order valence-electron chi connectivity index (χ2n) is 4.96. The Morgan fingerprint density at radius 2 is 1.65 bits per heavy atom. The summed E-state index contributed by atoms with van der Waals surface area (Å²) in [6.45, 7) is 0. The van der Waals surface area contributed by atoms with Gasteiger partial charge in [0.05, 0.1) is 0 Å². The number of oxazole rings is 1. The summed E-state index contributed by atoms with van der Waals surface area (Å²) >= 11 is 5.87. The molecule has 0 aliphatic carbocycles. The number of fused-ring (bicyclic) bond motifs is 1. The molecule has 0 bridgehead atoms. The molecule has 0 unspecified atom stereocenters. The zero-order valence-corrected chi connectivity index (χ0v) is 12.5. The van der Waals surface area contributed by atoms with Crippen LogP contribution in [0.2, 0.25) is 5.02 Å². The molecule has 0 amide bonds. The maximum absolute atomic E-state index is 12.2. The largest absolute Gasteiger partial charge is 0.428 e. The highest BCUT2D eigenvalue weighted by Gasteiger charge is 2.14. The van der Waals surface area contributed by atoms with Crippen LogP contribution < -0.4 is 5.56 Å². The summed E-state index contributed by atoms with van der Waals surface area (Å²) in [7, 11) is 0. The minimum absolute atomic E-state index is 0.106. The zero-order chi connectivity index (χ0) is 15.8. The number of benzene rings is 2. The second-order valence-corrected chi connectivity index (χ2v) is 5.40. The fourth-order valence-electron chi connectivity index (χ4n) is 2.28. The van der Waals surface area contributed by atoms with E-state index >= 15 is 0 Å². The van der Waals surface area contributed by atoms with Crippen molar-refractivity contribution >= 4 is 22.8 Å². The molecule has 0 aliphatic heterocycles. The summed E-state index contributed by atoms with van der Waals surface area (Å²) in [6, 6.07) is 16.4. The van der Waals surface area contributed by atoms with Gasteiger partial charge in [0.15, 0.2) is 0 Å². The highest BCUT2D eigenvalue weighted by atomic mass is 35.5. The maximum atomic E-state index is 12.2. The summed E-state index contributed by atoms with van der Waals surface area (Å²) in [6.07, 6.45) is 0. The number of hydrogen-bond donors (Lipinski definition) is 1. The van der Waals surface area contributed by atoms with Crippen LogP contribution in [0.1, 0.15) is 0 Å². The van der Waals surface area contributed by atoms with E-state index in [1.54, 1.807) is 24.3 Å². The first kappa shape index (κ1) is 13.7. The lowest BCUT2D eigenvalue weighted by atomic mass is 10.2. The van der Waals surface area contributed by atoms with E-state index < -0.39 is 0 Å². The van der Waals surface area contributed by atoms with Crippen molar-refractivity contribution in [3.05, 3.63) is 70.0 Å². The van der Waals surface area contributed by atoms with Gasteiger partial charge in [-0.1, -0.05) is 41.9 Å². The van der Waals surface area contributed by atoms with E-state index in [0.717, 1.165) is 11.1 Å². The molecule has 0 spiro atoms. The molecule has 4 aromatic rings. The second kappa shape index (κ2) is 5.37. The summed E-state index contributed by atoms with van der Waals surface area (Å²) < 4.78 is 5.56. The Hall–Kier alpha value is -2.92. The average molecular weight is 324 g/mol. The minimum Gasteiger partial charge on any atom is -0.428 e. The van der Waals surface area contributed by atoms with E-state index in [2.05, 4.69) is 15.0 Å². The van der Waals surface area contributed by atoms with Crippen molar-refractivity contribution in [2.75, 3.05) is 0 Å². The normalized spacial score (nSPS) is 11.0. The van der Waals surface area contributed by atoms with Crippen LogP contribution in [-0.2, 0) is 0 Å². The number of aromatic amines is 1. The van der Waals surface area contributed by atoms with Crippen LogP contribution >= 0.6 is 11.6 Å². The third kappa shape index (κ3) is 2.51. The molecule has 2 aromatic heterocycles. The molecule has 5 nitrogen and oxygen atoms in total. The SMILES string of the molecule is O=c1[nH]c(-c2ccccc2)nc2nc(-c3ccc(Cl)cc3)oc12. The number of rotatable bonds is 2. The van der Waals surface area contributed by atoms with Crippen molar-refractivity contribution in [3.8, 4) is 22.8 Å². The Balaban J connectivity index is 1.87. The van der Waals surface area contributed by atoms with E-state index in [-0.39, 0.29) is 16.8 Å². The van der Waals surface area contributed by atoms with Gasteiger partial charge in [-0.15, -0.1) is 0 Å². The highest BCUT2D eigenvalue weighted by Crippen LogP contribution is 2.24. The van der Waals surface area contributed by atoms with Crippen LogP contribution in [0.25, 0.3) is 34.1 Å². The first-order valence-electron chi connectivity index (χ1n) is 6.93. The average Bonchev–Trinajstić information content (AvgIpc) is 3.01. The van der Waals surface area contributed by atoms with Gasteiger partial charge < -0.3 is 9.40 Å². The molecule has 0 saturated heterocycles. The molecule has 2 heterocycles. The first-order chi connectivity index (χ1) is 11.2. The molecular formula is C17H10ClN3O2. The topological polar surface area (TPSA) is 71.8 Å². The minimum atomic E-state index is -0.360. The van der Waals surface area contributed by atoms with Gasteiger partial charge in [-0.25, -0.2) is 4.98 Å². The standard InChI is InChI=1S/C17H10ClN3O2/c18-12-8-6-11(7-9-12)17-21-15-13(23-17)16(22)20-14(19-15)10-4-2-1-3-5-10/h1-9H,(H,19,20,22). The lowest BCUT2D eigenvalue weighted by Crippen LogP contribution is -2.08. The van der Waals surface area contributed by atoms with Crippen LogP contribution in [0.3, 0.4) is 0 Å². The van der Waals surface area contributed by atoms with Crippen molar-refractivity contribution < 1.29 is 4.42 Å². The first-order valence-corrected chi connectivity index (χ1v) is 7.31. The third-order valence-electron chi connectivity index (χ3n) is 3.40. The van der Waals surface area contributed by atoms with E-state index in [1.807, 2.05) is 30.3 Å². The molecule has 6 heteroatoms. The molecule has 0 aliphatic rings. The fraction of sp³-hybridized carbons (Fsp3) is 0. The quantitative estimate of drug-likeness (QED) is 0.607. The van der Waals surface area contributed by atoms with Crippen LogP contribution in [0.15, 0.2) is 63.8 Å². The van der Waals surface area contributed by atoms with Crippen LogP contribution in [0, 0.1) is 0 Å². The predicted octanol–water partition coefficient (Wildman–Crippen LogP) is 3.90. The van der Waals surface area contributed by atoms with Gasteiger partial charge in [0.1, 0.15) is 5.82 Å². The van der Waals surface area contributed by atoms with Crippen molar-refractivity contribution in [1.29, 1.82) is 0 Å². The molecular weight excluding hydrogens is 314 g/mol. The van der Waals surface area contributed by atoms with E-state index in [0.29, 0.717) is 16.7 Å². The molecule has 112 valence electrons. The number of aromatic nitrogens is 3. The van der Waals surface area contributed by atoms with Crippen molar-refractivity contribution in [3.63, 3.8) is 0 Å². The molecule has 0 atom stereocenters. The highest BCUT2D eigenvalue weighted by molar-refractivity contribution is 6.30. The molecule has 23 heavy (non-hydrogen) atoms. The van der Waals surface area contributed by atoms with Crippen molar-refractivity contribution in [1.82, 2.24) is 15.0 Å². The lowest BCUT2D eigenvalue weighted by Gasteiger charge is -1.98. The van der Waals surface area contributed by atoms with Crippen LogP contribution in [-0.4, -0.2) is 15.0 Å². The van der Waals surface area contributed by atoms with Gasteiger partial charge in [-0.2, -0.15) is 4.98 Å². The fourth-order valence-corrected chi connectivity index (χ4v) is 2.41. The monoisotopic (exact) mass is 323 g/mol.